The second-order valence-electron chi connectivity index (χ2n) is 4.92. The second kappa shape index (κ2) is 8.67. The minimum absolute atomic E-state index is 0.0193. The number of rotatable bonds is 7. The molecule has 1 rings (SSSR count). The molecule has 0 aromatic heterocycles. The van der Waals surface area contributed by atoms with Gasteiger partial charge >= 0.3 is 5.97 Å². The van der Waals surface area contributed by atoms with Crippen molar-refractivity contribution in [2.24, 2.45) is 5.11 Å². The molecule has 1 aliphatic carbocycles. The fourth-order valence-electron chi connectivity index (χ4n) is 2.30. The van der Waals surface area contributed by atoms with E-state index in [1.807, 2.05) is 13.8 Å². The summed E-state index contributed by atoms with van der Waals surface area (Å²) in [6.45, 7) is 5.97. The van der Waals surface area contributed by atoms with Crippen molar-refractivity contribution >= 4 is 5.97 Å². The lowest BCUT2D eigenvalue weighted by Gasteiger charge is -2.32. The van der Waals surface area contributed by atoms with E-state index in [9.17, 15) is 9.90 Å². The van der Waals surface area contributed by atoms with Crippen molar-refractivity contribution in [1.82, 2.24) is 0 Å². The molecule has 0 aromatic carbocycles. The van der Waals surface area contributed by atoms with Gasteiger partial charge in [-0.3, -0.25) is 0 Å². The molecule has 118 valence electrons. The third kappa shape index (κ3) is 4.74. The van der Waals surface area contributed by atoms with Crippen molar-refractivity contribution in [3.05, 3.63) is 22.1 Å². The van der Waals surface area contributed by atoms with Crippen molar-refractivity contribution < 1.29 is 19.4 Å². The van der Waals surface area contributed by atoms with Crippen LogP contribution in [0.25, 0.3) is 10.4 Å². The Kier molecular flexibility index (Phi) is 7.22. The van der Waals surface area contributed by atoms with Crippen LogP contribution in [0.15, 0.2) is 16.8 Å². The lowest BCUT2D eigenvalue weighted by Crippen LogP contribution is -2.43. The molecule has 7 nitrogen and oxygen atoms in total. The summed E-state index contributed by atoms with van der Waals surface area (Å²) in [6.07, 6.45) is 1.70. The molecule has 0 spiro atoms. The zero-order valence-electron chi connectivity index (χ0n) is 12.7. The molecule has 0 bridgehead atoms. The molecule has 0 radical (unpaired) electrons. The summed E-state index contributed by atoms with van der Waals surface area (Å²) in [4.78, 5) is 14.6. The molecule has 7 heteroatoms. The molecule has 0 aromatic rings. The van der Waals surface area contributed by atoms with Gasteiger partial charge in [0, 0.05) is 10.5 Å². The van der Waals surface area contributed by atoms with E-state index in [2.05, 4.69) is 10.0 Å². The van der Waals surface area contributed by atoms with Gasteiger partial charge in [-0.25, -0.2) is 4.79 Å². The summed E-state index contributed by atoms with van der Waals surface area (Å²) in [5.74, 6) is -0.458. The fraction of sp³-hybridized carbons (Fsp3) is 0.786. The Morgan fingerprint density at radius 2 is 2.19 bits per heavy atom. The van der Waals surface area contributed by atoms with E-state index in [1.54, 1.807) is 13.0 Å². The zero-order chi connectivity index (χ0) is 15.8. The molecule has 3 atom stereocenters. The highest BCUT2D eigenvalue weighted by atomic mass is 16.5. The van der Waals surface area contributed by atoms with E-state index in [0.29, 0.717) is 5.57 Å². The average Bonchev–Trinajstić information content (AvgIpc) is 2.48. The number of azide groups is 1. The first-order chi connectivity index (χ1) is 10.1. The maximum Gasteiger partial charge on any atom is 0.333 e. The molecule has 0 fully saturated rings. The number of ether oxygens (including phenoxy) is 2. The monoisotopic (exact) mass is 297 g/mol. The molecule has 21 heavy (non-hydrogen) atoms. The predicted molar refractivity (Wildman–Crippen MR) is 77.5 cm³/mol. The Hall–Kier alpha value is -1.56. The minimum Gasteiger partial charge on any atom is -0.463 e. The summed E-state index contributed by atoms with van der Waals surface area (Å²) in [5, 5.41) is 13.8. The van der Waals surface area contributed by atoms with Crippen LogP contribution < -0.4 is 0 Å². The minimum atomic E-state index is -0.959. The summed E-state index contributed by atoms with van der Waals surface area (Å²) >= 11 is 0. The molecule has 0 heterocycles. The molecule has 3 unspecified atom stereocenters. The molecule has 0 saturated heterocycles. The van der Waals surface area contributed by atoms with Crippen LogP contribution in [0.1, 0.15) is 40.0 Å². The van der Waals surface area contributed by atoms with Gasteiger partial charge in [-0.1, -0.05) is 19.0 Å². The van der Waals surface area contributed by atoms with Crippen molar-refractivity contribution in [2.45, 2.75) is 64.4 Å². The topological polar surface area (TPSA) is 105 Å². The van der Waals surface area contributed by atoms with Gasteiger partial charge in [0.25, 0.3) is 0 Å². The third-order valence-electron chi connectivity index (χ3n) is 3.52. The first-order valence-electron chi connectivity index (χ1n) is 7.32. The average molecular weight is 297 g/mol. The fourth-order valence-corrected chi connectivity index (χ4v) is 2.30. The van der Waals surface area contributed by atoms with Crippen LogP contribution in [0.3, 0.4) is 0 Å². The van der Waals surface area contributed by atoms with Gasteiger partial charge in [-0.2, -0.15) is 0 Å². The number of hydrogen-bond donors (Lipinski definition) is 1. The summed E-state index contributed by atoms with van der Waals surface area (Å²) in [7, 11) is 0. The Bertz CT molecular complexity index is 428. The Morgan fingerprint density at radius 3 is 2.71 bits per heavy atom. The highest BCUT2D eigenvalue weighted by Gasteiger charge is 2.35. The van der Waals surface area contributed by atoms with Crippen LogP contribution >= 0.6 is 0 Å². The molecule has 1 N–H and O–H groups in total. The van der Waals surface area contributed by atoms with E-state index in [0.717, 1.165) is 12.8 Å². The number of aliphatic hydroxyl groups excluding tert-OH is 1. The molecule has 0 saturated carbocycles. The number of carbonyl (C=O) groups excluding carboxylic acids is 1. The van der Waals surface area contributed by atoms with Crippen molar-refractivity contribution in [2.75, 3.05) is 6.61 Å². The van der Waals surface area contributed by atoms with E-state index in [4.69, 9.17) is 15.0 Å². The van der Waals surface area contributed by atoms with E-state index < -0.39 is 24.2 Å². The van der Waals surface area contributed by atoms with Gasteiger partial charge in [0.05, 0.1) is 24.9 Å². The third-order valence-corrected chi connectivity index (χ3v) is 3.52. The van der Waals surface area contributed by atoms with Gasteiger partial charge in [0.1, 0.15) is 6.10 Å². The van der Waals surface area contributed by atoms with Gasteiger partial charge in [-0.05, 0) is 37.8 Å². The van der Waals surface area contributed by atoms with Crippen molar-refractivity contribution in [3.63, 3.8) is 0 Å². The van der Waals surface area contributed by atoms with Crippen LogP contribution in [0, 0.1) is 0 Å². The number of nitrogens with zero attached hydrogens (tertiary/aromatic N) is 3. The maximum absolute atomic E-state index is 11.9. The van der Waals surface area contributed by atoms with Gasteiger partial charge < -0.3 is 14.6 Å². The highest BCUT2D eigenvalue weighted by Crippen LogP contribution is 2.26. The first kappa shape index (κ1) is 17.5. The Morgan fingerprint density at radius 1 is 1.52 bits per heavy atom. The van der Waals surface area contributed by atoms with E-state index >= 15 is 0 Å². The number of carbonyl (C=O) groups is 1. The normalized spacial score (nSPS) is 25.2. The van der Waals surface area contributed by atoms with Crippen LogP contribution in [-0.4, -0.2) is 42.0 Å². The summed E-state index contributed by atoms with van der Waals surface area (Å²) in [6, 6.07) is -0.723. The van der Waals surface area contributed by atoms with E-state index in [1.165, 1.54) is 0 Å². The zero-order valence-corrected chi connectivity index (χ0v) is 12.7. The quantitative estimate of drug-likeness (QED) is 0.337. The first-order valence-corrected chi connectivity index (χ1v) is 7.32. The lowest BCUT2D eigenvalue weighted by molar-refractivity contribution is -0.139. The Balaban J connectivity index is 2.97. The maximum atomic E-state index is 11.9. The van der Waals surface area contributed by atoms with Crippen LogP contribution in [0.2, 0.25) is 0 Å². The Labute approximate surface area is 124 Å². The van der Waals surface area contributed by atoms with Gasteiger partial charge in [0.15, 0.2) is 0 Å². The van der Waals surface area contributed by atoms with Crippen LogP contribution in [0.5, 0.6) is 0 Å². The van der Waals surface area contributed by atoms with Gasteiger partial charge in [-0.15, -0.1) is 0 Å². The van der Waals surface area contributed by atoms with Crippen molar-refractivity contribution in [1.29, 1.82) is 0 Å². The lowest BCUT2D eigenvalue weighted by atomic mass is 9.90. The second-order valence-corrected chi connectivity index (χ2v) is 4.92. The molecular formula is C14H23N3O4. The molecular weight excluding hydrogens is 274 g/mol. The number of aliphatic hydroxyl groups is 1. The van der Waals surface area contributed by atoms with Crippen LogP contribution in [0.4, 0.5) is 0 Å². The number of hydrogen-bond acceptors (Lipinski definition) is 5. The number of esters is 1. The standard InChI is InChI=1S/C14H23N3O4/c1-4-10(5-2)21-12-8-9(14(19)20-6-3)7-11(13(12)18)16-17-15/h8,10-13,18H,4-7H2,1-3H3. The molecule has 0 aliphatic heterocycles. The smallest absolute Gasteiger partial charge is 0.333 e. The van der Waals surface area contributed by atoms with E-state index in [-0.39, 0.29) is 19.1 Å². The largest absolute Gasteiger partial charge is 0.463 e. The molecule has 1 aliphatic rings. The summed E-state index contributed by atoms with van der Waals surface area (Å²) in [5.41, 5.74) is 8.98. The van der Waals surface area contributed by atoms with Gasteiger partial charge in [0.2, 0.25) is 0 Å². The molecule has 0 amide bonds. The van der Waals surface area contributed by atoms with Crippen LogP contribution in [-0.2, 0) is 14.3 Å². The van der Waals surface area contributed by atoms with Crippen molar-refractivity contribution in [3.8, 4) is 0 Å². The summed E-state index contributed by atoms with van der Waals surface area (Å²) < 4.78 is 10.8. The predicted octanol–water partition coefficient (Wildman–Crippen LogP) is 2.49. The highest BCUT2D eigenvalue weighted by molar-refractivity contribution is 5.89. The SMILES string of the molecule is CCOC(=O)C1=CC(OC(CC)CC)C(O)C(N=[N+]=[N-])C1.